The highest BCUT2D eigenvalue weighted by atomic mass is 33.1. The number of hydrogen-bond donors (Lipinski definition) is 4. The average molecular weight is 1040 g/mol. The number of carbonyl (C=O) groups excluding carboxylic acids is 7. The van der Waals surface area contributed by atoms with Gasteiger partial charge < -0.3 is 30.0 Å². The molecule has 3 aromatic carbocycles. The number of nitrogens with one attached hydrogen (secondary N) is 4. The molecule has 2 saturated heterocycles. The summed E-state index contributed by atoms with van der Waals surface area (Å²) < 4.78 is 20.5. The summed E-state index contributed by atoms with van der Waals surface area (Å²) in [5.41, 5.74) is 11.4. The lowest BCUT2D eigenvalue weighted by Gasteiger charge is -2.36. The van der Waals surface area contributed by atoms with E-state index in [2.05, 4.69) is 31.4 Å². The zero-order valence-electron chi connectivity index (χ0n) is 41.0. The first kappa shape index (κ1) is 52.8. The largest absolute Gasteiger partial charge is 0.494 e. The Kier molecular flexibility index (Phi) is 17.7. The summed E-state index contributed by atoms with van der Waals surface area (Å²) >= 11 is 0. The second-order valence-electron chi connectivity index (χ2n) is 19.2. The van der Waals surface area contributed by atoms with Gasteiger partial charge in [0, 0.05) is 110 Å². The second-order valence-corrected chi connectivity index (χ2v) is 22.3. The maximum Gasteiger partial charge on any atom is 0.333 e. The zero-order valence-corrected chi connectivity index (χ0v) is 42.6. The van der Waals surface area contributed by atoms with E-state index in [0.717, 1.165) is 48.1 Å². The number of hydroxylamine groups is 2. The maximum absolute atomic E-state index is 15.0. The molecule has 20 heteroatoms. The molecule has 3 heterocycles. The Labute approximate surface area is 431 Å². The van der Waals surface area contributed by atoms with Gasteiger partial charge in [0.15, 0.2) is 0 Å². The average Bonchev–Trinajstić information content (AvgIpc) is 4.14. The van der Waals surface area contributed by atoms with E-state index >= 15 is 4.39 Å². The highest BCUT2D eigenvalue weighted by Gasteiger charge is 2.44. The molecule has 1 aromatic heterocycles. The third-order valence-corrected chi connectivity index (χ3v) is 16.5. The smallest absolute Gasteiger partial charge is 0.333 e. The Balaban J connectivity index is 0.677. The van der Waals surface area contributed by atoms with Gasteiger partial charge in [-0.15, -0.1) is 5.06 Å². The third-order valence-electron chi connectivity index (χ3n) is 13.2. The number of ether oxygens (including phenoxy) is 1. The first-order chi connectivity index (χ1) is 35.2. The van der Waals surface area contributed by atoms with Crippen LogP contribution >= 0.6 is 21.6 Å². The summed E-state index contributed by atoms with van der Waals surface area (Å²) in [4.78, 5) is 100. The van der Waals surface area contributed by atoms with Crippen LogP contribution in [0.3, 0.4) is 0 Å². The van der Waals surface area contributed by atoms with Crippen molar-refractivity contribution in [1.29, 1.82) is 0 Å². The van der Waals surface area contributed by atoms with Gasteiger partial charge in [0.05, 0.1) is 19.1 Å². The van der Waals surface area contributed by atoms with Crippen molar-refractivity contribution in [2.24, 2.45) is 5.92 Å². The highest BCUT2D eigenvalue weighted by Crippen LogP contribution is 2.47. The number of carbonyl (C=O) groups is 7. The molecule has 4 aromatic rings. The van der Waals surface area contributed by atoms with Gasteiger partial charge in [0.2, 0.25) is 17.7 Å². The van der Waals surface area contributed by atoms with Crippen LogP contribution in [-0.4, -0.2) is 99.6 Å². The molecular formula is C53H61FN8O9S2. The van der Waals surface area contributed by atoms with Crippen molar-refractivity contribution >= 4 is 74.4 Å². The molecule has 0 spiro atoms. The van der Waals surface area contributed by atoms with Gasteiger partial charge in [-0.3, -0.25) is 39.2 Å². The summed E-state index contributed by atoms with van der Waals surface area (Å²) in [6.45, 7) is 6.72. The molecule has 4 aliphatic rings. The molecule has 2 aliphatic heterocycles. The van der Waals surface area contributed by atoms with Gasteiger partial charge in [0.1, 0.15) is 11.6 Å². The Bertz CT molecular complexity index is 2650. The number of imide groups is 1. The highest BCUT2D eigenvalue weighted by molar-refractivity contribution is 8.77. The van der Waals surface area contributed by atoms with Crippen LogP contribution in [0.1, 0.15) is 116 Å². The van der Waals surface area contributed by atoms with Gasteiger partial charge in [-0.1, -0.05) is 39.8 Å². The summed E-state index contributed by atoms with van der Waals surface area (Å²) in [5, 5.41) is 6.13. The summed E-state index contributed by atoms with van der Waals surface area (Å²) in [6, 6.07) is 21.2. The van der Waals surface area contributed by atoms with Crippen LogP contribution in [0.4, 0.5) is 15.8 Å². The van der Waals surface area contributed by atoms with Crippen LogP contribution in [0.15, 0.2) is 85.2 Å². The standard InChI is InChI=1S/C53H61FN8O9S2/c1-53(2,31-46(63)59-58-45-8-3-6-35-28-40(16-17-41(35)45)70-26-5-9-50(67)71-62-48(65)18-19-49(62)66)73-72-27-20-47(64)61-24-22-60(23-25-61)39-14-11-34(12-15-39)51(68)56-33-37-10-13-38(29-44(37)54)57-52(69)43-30-42(43)36-7-4-21-55-32-36/h4,7,10-17,21,28-29,32,42-43,45,58H,3,5-6,8-9,18-20,22-27,30-31,33H2,1-2H3,(H,56,68)(H,57,69)(H,59,63)/t42-,43+,45?/m1/s1. The summed E-state index contributed by atoms with van der Waals surface area (Å²) in [7, 11) is 3.18. The molecule has 3 fully saturated rings. The van der Waals surface area contributed by atoms with Crippen molar-refractivity contribution in [3.8, 4) is 5.75 Å². The fourth-order valence-electron chi connectivity index (χ4n) is 9.13. The fourth-order valence-corrected chi connectivity index (χ4v) is 11.6. The molecule has 2 aliphatic carbocycles. The lowest BCUT2D eigenvalue weighted by atomic mass is 9.88. The lowest BCUT2D eigenvalue weighted by Crippen LogP contribution is -2.48. The molecule has 1 saturated carbocycles. The van der Waals surface area contributed by atoms with E-state index in [1.165, 1.54) is 6.07 Å². The van der Waals surface area contributed by atoms with Crippen LogP contribution in [0, 0.1) is 11.7 Å². The number of aromatic nitrogens is 1. The van der Waals surface area contributed by atoms with E-state index in [1.807, 2.05) is 61.2 Å². The Morgan fingerprint density at radius 1 is 0.904 bits per heavy atom. The first-order valence-corrected chi connectivity index (χ1v) is 27.1. The minimum Gasteiger partial charge on any atom is -0.494 e. The van der Waals surface area contributed by atoms with Crippen molar-refractivity contribution in [3.63, 3.8) is 0 Å². The topological polar surface area (TPSA) is 209 Å². The number of halogens is 1. The SMILES string of the molecule is CC(C)(CC(=O)NNC1CCCc2cc(OCCCC(=O)ON3C(=O)CCC3=O)ccc21)SSCCC(=O)N1CCN(c2ccc(C(=O)NCc3ccc(NC(=O)[C@H]4C[C@@H]4c4cccnc4)cc3F)cc2)CC1. The number of hydrogen-bond acceptors (Lipinski definition) is 14. The van der Waals surface area contributed by atoms with Crippen LogP contribution < -0.4 is 31.1 Å². The van der Waals surface area contributed by atoms with E-state index in [4.69, 9.17) is 9.57 Å². The van der Waals surface area contributed by atoms with Crippen molar-refractivity contribution in [2.45, 2.75) is 101 Å². The molecule has 0 radical (unpaired) electrons. The van der Waals surface area contributed by atoms with Gasteiger partial charge in [-0.2, -0.15) is 0 Å². The number of pyridine rings is 1. The summed E-state index contributed by atoms with van der Waals surface area (Å²) in [6.07, 6.45) is 7.94. The first-order valence-electron chi connectivity index (χ1n) is 24.8. The molecule has 3 atom stereocenters. The van der Waals surface area contributed by atoms with Crippen LogP contribution in [-0.2, 0) is 46.6 Å². The molecular weight excluding hydrogens is 976 g/mol. The molecule has 1 unspecified atom stereocenters. The minimum absolute atomic E-state index is 0.000612. The normalized spacial score (nSPS) is 18.5. The van der Waals surface area contributed by atoms with Gasteiger partial charge >= 0.3 is 5.97 Å². The van der Waals surface area contributed by atoms with Crippen molar-refractivity contribution in [3.05, 3.63) is 119 Å². The molecule has 386 valence electrons. The zero-order chi connectivity index (χ0) is 51.5. The van der Waals surface area contributed by atoms with Crippen molar-refractivity contribution < 1.29 is 47.5 Å². The number of amides is 6. The third kappa shape index (κ3) is 14.6. The molecule has 73 heavy (non-hydrogen) atoms. The van der Waals surface area contributed by atoms with Gasteiger partial charge in [-0.05, 0) is 123 Å². The predicted octanol–water partition coefficient (Wildman–Crippen LogP) is 6.95. The molecule has 17 nitrogen and oxygen atoms in total. The van der Waals surface area contributed by atoms with E-state index in [1.54, 1.807) is 58.2 Å². The number of hydrazine groups is 1. The number of benzene rings is 3. The van der Waals surface area contributed by atoms with E-state index in [9.17, 15) is 33.6 Å². The van der Waals surface area contributed by atoms with E-state index in [0.29, 0.717) is 72.4 Å². The Hall–Kier alpha value is -6.51. The number of nitrogens with zero attached hydrogens (tertiary/aromatic N) is 4. The predicted molar refractivity (Wildman–Crippen MR) is 275 cm³/mol. The number of anilines is 2. The number of rotatable bonds is 22. The lowest BCUT2D eigenvalue weighted by molar-refractivity contribution is -0.197. The minimum atomic E-state index is -0.661. The maximum atomic E-state index is 15.0. The molecule has 4 N–H and O–H groups in total. The van der Waals surface area contributed by atoms with Crippen molar-refractivity contribution in [1.82, 2.24) is 31.1 Å². The molecule has 6 amide bonds. The van der Waals surface area contributed by atoms with Crippen molar-refractivity contribution in [2.75, 3.05) is 48.8 Å². The number of fused-ring (bicyclic) bond motifs is 1. The Morgan fingerprint density at radius 3 is 2.42 bits per heavy atom. The Morgan fingerprint density at radius 2 is 1.68 bits per heavy atom. The molecule has 8 rings (SSSR count). The van der Waals surface area contributed by atoms with E-state index in [-0.39, 0.29) is 85.1 Å². The molecule has 0 bridgehead atoms. The van der Waals surface area contributed by atoms with Crippen LogP contribution in [0.25, 0.3) is 0 Å². The summed E-state index contributed by atoms with van der Waals surface area (Å²) in [5.74, 6) is -1.53. The van der Waals surface area contributed by atoms with Crippen LogP contribution in [0.5, 0.6) is 5.75 Å². The number of piperazine rings is 1. The van der Waals surface area contributed by atoms with Gasteiger partial charge in [-0.25, -0.2) is 14.6 Å². The monoisotopic (exact) mass is 1040 g/mol. The van der Waals surface area contributed by atoms with Crippen LogP contribution in [0.2, 0.25) is 0 Å². The quantitative estimate of drug-likeness (QED) is 0.0272. The second kappa shape index (κ2) is 24.5. The number of aryl methyl sites for hydroxylation is 1. The van der Waals surface area contributed by atoms with E-state index < -0.39 is 23.6 Å². The fraction of sp³-hybridized carbons (Fsp3) is 0.434. The van der Waals surface area contributed by atoms with Gasteiger partial charge in [0.25, 0.3) is 17.7 Å².